The Morgan fingerprint density at radius 2 is 2.27 bits per heavy atom. The van der Waals surface area contributed by atoms with Crippen LogP contribution in [0.3, 0.4) is 0 Å². The predicted molar refractivity (Wildman–Crippen MR) is 81.5 cm³/mol. The lowest BCUT2D eigenvalue weighted by Crippen LogP contribution is -2.35. The fraction of sp³-hybridized carbons (Fsp3) is 0.500. The van der Waals surface area contributed by atoms with Gasteiger partial charge in [-0.3, -0.25) is 0 Å². The van der Waals surface area contributed by atoms with Crippen LogP contribution < -0.4 is 4.90 Å². The number of hydrogen-bond donors (Lipinski definition) is 0. The maximum atomic E-state index is 8.85. The van der Waals surface area contributed by atoms with Gasteiger partial charge in [-0.1, -0.05) is 19.0 Å². The predicted octanol–water partition coefficient (Wildman–Crippen LogP) is 2.84. The van der Waals surface area contributed by atoms with Crippen LogP contribution in [-0.4, -0.2) is 28.2 Å². The minimum Gasteiger partial charge on any atom is -0.356 e. The minimum atomic E-state index is 0.251. The number of anilines is 1. The maximum Gasteiger partial charge on any atom is 0.229 e. The van der Waals surface area contributed by atoms with Gasteiger partial charge in [0.2, 0.25) is 5.89 Å². The summed E-state index contributed by atoms with van der Waals surface area (Å²) < 4.78 is 5.32. The van der Waals surface area contributed by atoms with Crippen molar-refractivity contribution in [3.63, 3.8) is 0 Å². The summed E-state index contributed by atoms with van der Waals surface area (Å²) in [7, 11) is 0. The van der Waals surface area contributed by atoms with Crippen molar-refractivity contribution in [2.24, 2.45) is 0 Å². The molecule has 114 valence electrons. The molecular weight excluding hydrogens is 278 g/mol. The van der Waals surface area contributed by atoms with E-state index in [9.17, 15) is 0 Å². The van der Waals surface area contributed by atoms with Gasteiger partial charge in [0, 0.05) is 31.1 Å². The monoisotopic (exact) mass is 297 g/mol. The highest BCUT2D eigenvalue weighted by atomic mass is 16.5. The van der Waals surface area contributed by atoms with Crippen molar-refractivity contribution >= 4 is 5.82 Å². The van der Waals surface area contributed by atoms with Crippen LogP contribution in [0.15, 0.2) is 22.9 Å². The van der Waals surface area contributed by atoms with Crippen LogP contribution in [0.2, 0.25) is 0 Å². The Bertz CT molecular complexity index is 671. The molecule has 0 aromatic carbocycles. The first kappa shape index (κ1) is 14.5. The number of pyridine rings is 1. The highest BCUT2D eigenvalue weighted by Crippen LogP contribution is 2.28. The third-order valence-electron chi connectivity index (χ3n) is 3.94. The first-order valence-corrected chi connectivity index (χ1v) is 7.62. The summed E-state index contributed by atoms with van der Waals surface area (Å²) in [6.07, 6.45) is 3.74. The number of hydrogen-bond acceptors (Lipinski definition) is 6. The van der Waals surface area contributed by atoms with Crippen LogP contribution >= 0.6 is 0 Å². The summed E-state index contributed by atoms with van der Waals surface area (Å²) in [6.45, 7) is 5.89. The van der Waals surface area contributed by atoms with Gasteiger partial charge in [-0.25, -0.2) is 4.98 Å². The van der Waals surface area contributed by atoms with E-state index in [1.807, 2.05) is 19.9 Å². The number of rotatable bonds is 3. The molecule has 1 aliphatic rings. The molecule has 2 aromatic heterocycles. The van der Waals surface area contributed by atoms with Gasteiger partial charge in [0.05, 0.1) is 5.56 Å². The van der Waals surface area contributed by atoms with Gasteiger partial charge < -0.3 is 9.42 Å². The number of nitriles is 1. The molecule has 22 heavy (non-hydrogen) atoms. The largest absolute Gasteiger partial charge is 0.356 e. The molecule has 2 aromatic rings. The third-order valence-corrected chi connectivity index (χ3v) is 3.94. The average molecular weight is 297 g/mol. The summed E-state index contributed by atoms with van der Waals surface area (Å²) in [5, 5.41) is 13.0. The van der Waals surface area contributed by atoms with Crippen molar-refractivity contribution in [2.75, 3.05) is 18.0 Å². The van der Waals surface area contributed by atoms with Crippen molar-refractivity contribution in [3.8, 4) is 6.07 Å². The molecule has 0 N–H and O–H groups in total. The Balaban J connectivity index is 1.74. The van der Waals surface area contributed by atoms with Crippen LogP contribution in [0.4, 0.5) is 5.82 Å². The Morgan fingerprint density at radius 3 is 2.91 bits per heavy atom. The Labute approximate surface area is 129 Å². The summed E-state index contributed by atoms with van der Waals surface area (Å²) in [6, 6.07) is 5.79. The highest BCUT2D eigenvalue weighted by molar-refractivity contribution is 5.42. The zero-order chi connectivity index (χ0) is 15.5. The van der Waals surface area contributed by atoms with Gasteiger partial charge in [-0.05, 0) is 25.0 Å². The number of nitrogens with zero attached hydrogens (tertiary/aromatic N) is 5. The second-order valence-electron chi connectivity index (χ2n) is 5.95. The number of aromatic nitrogens is 3. The van der Waals surface area contributed by atoms with E-state index in [0.717, 1.165) is 37.6 Å². The molecule has 0 saturated carbocycles. The van der Waals surface area contributed by atoms with Crippen LogP contribution in [-0.2, 0) is 0 Å². The molecule has 1 fully saturated rings. The summed E-state index contributed by atoms with van der Waals surface area (Å²) in [5.41, 5.74) is 0.581. The van der Waals surface area contributed by atoms with Crippen molar-refractivity contribution in [1.82, 2.24) is 15.1 Å². The van der Waals surface area contributed by atoms with Crippen LogP contribution in [0.5, 0.6) is 0 Å². The molecule has 0 spiro atoms. The maximum absolute atomic E-state index is 8.85. The van der Waals surface area contributed by atoms with Gasteiger partial charge in [0.25, 0.3) is 0 Å². The van der Waals surface area contributed by atoms with E-state index in [2.05, 4.69) is 26.1 Å². The molecular formula is C16H19N5O. The quantitative estimate of drug-likeness (QED) is 0.866. The zero-order valence-electron chi connectivity index (χ0n) is 12.9. The van der Waals surface area contributed by atoms with Gasteiger partial charge in [0.1, 0.15) is 11.9 Å². The van der Waals surface area contributed by atoms with Crippen molar-refractivity contribution in [1.29, 1.82) is 5.26 Å². The summed E-state index contributed by atoms with van der Waals surface area (Å²) in [5.74, 6) is 2.91. The molecule has 6 nitrogen and oxygen atoms in total. The topological polar surface area (TPSA) is 78.8 Å². The summed E-state index contributed by atoms with van der Waals surface area (Å²) in [4.78, 5) is 11.1. The van der Waals surface area contributed by atoms with Crippen LogP contribution in [0.1, 0.15) is 55.8 Å². The lowest BCUT2D eigenvalue weighted by atomic mass is 9.97. The second-order valence-corrected chi connectivity index (χ2v) is 5.95. The van der Waals surface area contributed by atoms with Gasteiger partial charge >= 0.3 is 0 Å². The van der Waals surface area contributed by atoms with Crippen molar-refractivity contribution < 1.29 is 4.52 Å². The molecule has 1 aliphatic heterocycles. The highest BCUT2D eigenvalue weighted by Gasteiger charge is 2.26. The third kappa shape index (κ3) is 2.93. The standard InChI is InChI=1S/C16H19N5O/c1-11(2)16-19-15(20-22-16)13-4-3-7-21(10-13)14-6-5-12(8-17)9-18-14/h5-6,9,11,13H,3-4,7,10H2,1-2H3/t13-/m0/s1. The van der Waals surface area contributed by atoms with E-state index in [1.165, 1.54) is 0 Å². The minimum absolute atomic E-state index is 0.251. The molecule has 0 aliphatic carbocycles. The molecule has 0 unspecified atom stereocenters. The average Bonchev–Trinajstić information content (AvgIpc) is 3.05. The van der Waals surface area contributed by atoms with Crippen LogP contribution in [0, 0.1) is 11.3 Å². The lowest BCUT2D eigenvalue weighted by Gasteiger charge is -2.32. The Hall–Kier alpha value is -2.42. The molecule has 0 amide bonds. The Kier molecular flexibility index (Phi) is 4.05. The summed E-state index contributed by atoms with van der Waals surface area (Å²) >= 11 is 0. The fourth-order valence-corrected chi connectivity index (χ4v) is 2.68. The van der Waals surface area contributed by atoms with Crippen molar-refractivity contribution in [2.45, 2.75) is 38.5 Å². The SMILES string of the molecule is CC(C)c1nc([C@H]2CCCN(c3ccc(C#N)cn3)C2)no1. The van der Waals surface area contributed by atoms with Gasteiger partial charge in [-0.15, -0.1) is 0 Å². The number of piperidine rings is 1. The smallest absolute Gasteiger partial charge is 0.229 e. The van der Waals surface area contributed by atoms with E-state index < -0.39 is 0 Å². The first-order valence-electron chi connectivity index (χ1n) is 7.62. The Morgan fingerprint density at radius 1 is 1.41 bits per heavy atom. The molecule has 0 bridgehead atoms. The fourth-order valence-electron chi connectivity index (χ4n) is 2.68. The van der Waals surface area contributed by atoms with Gasteiger partial charge in [0.15, 0.2) is 5.82 Å². The van der Waals surface area contributed by atoms with E-state index in [0.29, 0.717) is 11.5 Å². The molecule has 1 atom stereocenters. The molecule has 3 rings (SSSR count). The molecule has 1 saturated heterocycles. The van der Waals surface area contributed by atoms with Crippen LogP contribution in [0.25, 0.3) is 0 Å². The molecule has 6 heteroatoms. The normalized spacial score (nSPS) is 18.5. The van der Waals surface area contributed by atoms with E-state index in [4.69, 9.17) is 9.78 Å². The van der Waals surface area contributed by atoms with Gasteiger partial charge in [-0.2, -0.15) is 10.2 Å². The molecule has 0 radical (unpaired) electrons. The van der Waals surface area contributed by atoms with E-state index in [1.54, 1.807) is 12.3 Å². The first-order chi connectivity index (χ1) is 10.7. The van der Waals surface area contributed by atoms with Crippen molar-refractivity contribution in [3.05, 3.63) is 35.6 Å². The molecule has 3 heterocycles. The van der Waals surface area contributed by atoms with E-state index >= 15 is 0 Å². The zero-order valence-corrected chi connectivity index (χ0v) is 12.9. The van der Waals surface area contributed by atoms with E-state index in [-0.39, 0.29) is 11.8 Å². The second kappa shape index (κ2) is 6.14. The lowest BCUT2D eigenvalue weighted by molar-refractivity contribution is 0.354.